The SMILES string of the molecule is Cc1cc2c(N3CCN(C)c4ccc(C#N)cc43)cc(C3CCN(CC4CCN(c5cc6onc(N7CCC(=O)NC7=O)c6cc5F)CC4)CC3)cc2n(C)c1=O. The van der Waals surface area contributed by atoms with Gasteiger partial charge < -0.3 is 28.7 Å². The van der Waals surface area contributed by atoms with Crippen LogP contribution in [0.15, 0.2) is 57.8 Å². The third-order valence-electron chi connectivity index (χ3n) is 12.6. The second kappa shape index (κ2) is 14.5. The summed E-state index contributed by atoms with van der Waals surface area (Å²) in [4.78, 5) is 47.7. The molecule has 14 heteroatoms. The van der Waals surface area contributed by atoms with E-state index in [4.69, 9.17) is 4.52 Å². The lowest BCUT2D eigenvalue weighted by molar-refractivity contribution is -0.120. The summed E-state index contributed by atoms with van der Waals surface area (Å²) in [5, 5.41) is 17.5. The molecule has 4 aliphatic heterocycles. The third-order valence-corrected chi connectivity index (χ3v) is 12.6. The number of rotatable bonds is 6. The van der Waals surface area contributed by atoms with Gasteiger partial charge in [-0.1, -0.05) is 5.16 Å². The molecule has 294 valence electrons. The van der Waals surface area contributed by atoms with E-state index in [2.05, 4.69) is 55.3 Å². The van der Waals surface area contributed by atoms with Gasteiger partial charge in [0.05, 0.1) is 45.3 Å². The van der Waals surface area contributed by atoms with Crippen LogP contribution in [0.2, 0.25) is 0 Å². The number of likely N-dealkylation sites (N-methyl/N-ethyl adjacent to an activating group) is 1. The summed E-state index contributed by atoms with van der Waals surface area (Å²) in [5.74, 6) is 0.317. The van der Waals surface area contributed by atoms with E-state index in [9.17, 15) is 19.6 Å². The highest BCUT2D eigenvalue weighted by Gasteiger charge is 2.32. The van der Waals surface area contributed by atoms with Crippen molar-refractivity contribution in [3.8, 4) is 6.07 Å². The van der Waals surface area contributed by atoms with Crippen LogP contribution in [0.4, 0.5) is 37.8 Å². The molecule has 3 amide bonds. The molecule has 13 nitrogen and oxygen atoms in total. The lowest BCUT2D eigenvalue weighted by Crippen LogP contribution is -2.49. The molecule has 5 aromatic rings. The normalized spacial score (nSPS) is 18.7. The maximum atomic E-state index is 15.6. The maximum absolute atomic E-state index is 15.6. The summed E-state index contributed by atoms with van der Waals surface area (Å²) in [5.41, 5.74) is 7.54. The zero-order valence-electron chi connectivity index (χ0n) is 32.6. The van der Waals surface area contributed by atoms with Crippen LogP contribution in [0.1, 0.15) is 54.7 Å². The number of nitriles is 1. The number of aromatic nitrogens is 2. The average molecular weight is 772 g/mol. The van der Waals surface area contributed by atoms with Crippen molar-refractivity contribution in [2.45, 2.75) is 44.9 Å². The Labute approximate surface area is 329 Å². The van der Waals surface area contributed by atoms with Crippen molar-refractivity contribution in [1.29, 1.82) is 5.26 Å². The van der Waals surface area contributed by atoms with Gasteiger partial charge in [0.2, 0.25) is 5.91 Å². The van der Waals surface area contributed by atoms with Gasteiger partial charge in [0.25, 0.3) is 5.56 Å². The van der Waals surface area contributed by atoms with Crippen LogP contribution in [0, 0.1) is 30.0 Å². The first-order valence-electron chi connectivity index (χ1n) is 19.9. The number of amides is 3. The summed E-state index contributed by atoms with van der Waals surface area (Å²) in [6.07, 6.45) is 4.06. The maximum Gasteiger partial charge on any atom is 0.329 e. The monoisotopic (exact) mass is 771 g/mol. The minimum absolute atomic E-state index is 0.00962. The van der Waals surface area contributed by atoms with Crippen LogP contribution in [0.5, 0.6) is 0 Å². The Morgan fingerprint density at radius 2 is 1.63 bits per heavy atom. The van der Waals surface area contributed by atoms with Gasteiger partial charge in [-0.3, -0.25) is 19.8 Å². The Balaban J connectivity index is 0.877. The van der Waals surface area contributed by atoms with E-state index in [0.29, 0.717) is 39.6 Å². The molecule has 0 radical (unpaired) electrons. The highest BCUT2D eigenvalue weighted by Crippen LogP contribution is 2.43. The average Bonchev–Trinajstić information content (AvgIpc) is 3.62. The minimum atomic E-state index is -0.590. The fourth-order valence-corrected chi connectivity index (χ4v) is 9.36. The number of urea groups is 1. The number of fused-ring (bicyclic) bond motifs is 3. The van der Waals surface area contributed by atoms with Crippen molar-refractivity contribution in [3.63, 3.8) is 0 Å². The molecule has 3 saturated heterocycles. The first-order valence-corrected chi connectivity index (χ1v) is 19.9. The van der Waals surface area contributed by atoms with Gasteiger partial charge in [0.1, 0.15) is 5.82 Å². The van der Waals surface area contributed by atoms with Gasteiger partial charge in [-0.25, -0.2) is 9.18 Å². The van der Waals surface area contributed by atoms with Crippen molar-refractivity contribution in [3.05, 3.63) is 81.4 Å². The van der Waals surface area contributed by atoms with Crippen molar-refractivity contribution in [2.75, 3.05) is 79.0 Å². The van der Waals surface area contributed by atoms with Gasteiger partial charge in [-0.2, -0.15) is 5.26 Å². The summed E-state index contributed by atoms with van der Waals surface area (Å²) >= 11 is 0. The standard InChI is InChI=1S/C43H46FN9O4/c1-26-18-31-35(49(3)42(26)55)20-30(21-36(31)52-17-16-48(2)34-5-4-28(24-45)19-38(34)52)29-8-11-50(12-9-29)25-27-6-13-51(14-7-27)37-23-39-32(22-33(37)44)41(47-57-39)53-15-10-40(54)46-43(53)56/h4-5,18-23,27,29H,6-17,25H2,1-3H3,(H,46,54,56). The van der Waals surface area contributed by atoms with E-state index in [0.717, 1.165) is 99.5 Å². The number of carbonyl (C=O) groups is 2. The number of imide groups is 1. The van der Waals surface area contributed by atoms with Gasteiger partial charge in [-0.15, -0.1) is 0 Å². The van der Waals surface area contributed by atoms with Crippen molar-refractivity contribution in [1.82, 2.24) is 19.9 Å². The molecule has 0 aliphatic carbocycles. The fraction of sp³-hybridized carbons (Fsp3) is 0.419. The predicted molar refractivity (Wildman–Crippen MR) is 218 cm³/mol. The molecule has 0 atom stereocenters. The Hall–Kier alpha value is -5.94. The molecule has 0 unspecified atom stereocenters. The van der Waals surface area contributed by atoms with Gasteiger partial charge in [-0.05, 0) is 106 Å². The molecular weight excluding hydrogens is 726 g/mol. The Morgan fingerprint density at radius 3 is 2.39 bits per heavy atom. The third kappa shape index (κ3) is 6.63. The van der Waals surface area contributed by atoms with Crippen LogP contribution in [-0.4, -0.2) is 86.0 Å². The highest BCUT2D eigenvalue weighted by molar-refractivity contribution is 6.08. The predicted octanol–water partition coefficient (Wildman–Crippen LogP) is 6.13. The quantitative estimate of drug-likeness (QED) is 0.215. The minimum Gasteiger partial charge on any atom is -0.371 e. The topological polar surface area (TPSA) is 134 Å². The van der Waals surface area contributed by atoms with Gasteiger partial charge in [0.15, 0.2) is 11.4 Å². The number of piperidine rings is 2. The first kappa shape index (κ1) is 36.7. The number of nitrogens with one attached hydrogen (secondary N) is 1. The summed E-state index contributed by atoms with van der Waals surface area (Å²) in [6.45, 7) is 8.06. The molecule has 3 aromatic carbocycles. The van der Waals surface area contributed by atoms with E-state index < -0.39 is 11.8 Å². The summed E-state index contributed by atoms with van der Waals surface area (Å²) in [7, 11) is 3.95. The van der Waals surface area contributed by atoms with Crippen molar-refractivity contribution >= 4 is 62.4 Å². The molecule has 57 heavy (non-hydrogen) atoms. The molecule has 3 fully saturated rings. The summed E-state index contributed by atoms with van der Waals surface area (Å²) in [6, 6.07) is 17.2. The van der Waals surface area contributed by atoms with Crippen LogP contribution in [-0.2, 0) is 11.8 Å². The van der Waals surface area contributed by atoms with Crippen LogP contribution < -0.4 is 30.5 Å². The second-order valence-corrected chi connectivity index (χ2v) is 16.1. The number of nitrogens with zero attached hydrogens (tertiary/aromatic N) is 8. The highest BCUT2D eigenvalue weighted by atomic mass is 19.1. The Bertz CT molecular complexity index is 2530. The molecule has 2 aromatic heterocycles. The van der Waals surface area contributed by atoms with Crippen LogP contribution in [0.25, 0.3) is 21.9 Å². The number of likely N-dealkylation sites (tertiary alicyclic amines) is 1. The van der Waals surface area contributed by atoms with E-state index in [1.807, 2.05) is 38.2 Å². The number of pyridine rings is 1. The first-order chi connectivity index (χ1) is 27.6. The van der Waals surface area contributed by atoms with E-state index in [1.54, 1.807) is 10.6 Å². The number of hydrogen-bond acceptors (Lipinski definition) is 10. The number of carbonyl (C=O) groups excluding carboxylic acids is 2. The second-order valence-electron chi connectivity index (χ2n) is 16.1. The largest absolute Gasteiger partial charge is 0.371 e. The van der Waals surface area contributed by atoms with Gasteiger partial charge in [0, 0.05) is 76.8 Å². The lowest BCUT2D eigenvalue weighted by Gasteiger charge is -2.39. The smallest absolute Gasteiger partial charge is 0.329 e. The summed E-state index contributed by atoms with van der Waals surface area (Å²) < 4.78 is 22.9. The molecule has 9 rings (SSSR count). The fourth-order valence-electron chi connectivity index (χ4n) is 9.36. The zero-order valence-corrected chi connectivity index (χ0v) is 32.6. The van der Waals surface area contributed by atoms with E-state index >= 15 is 4.39 Å². The zero-order chi connectivity index (χ0) is 39.5. The number of benzene rings is 3. The number of aryl methyl sites for hydroxylation is 2. The van der Waals surface area contributed by atoms with Crippen LogP contribution >= 0.6 is 0 Å². The number of anilines is 5. The molecule has 0 saturated carbocycles. The van der Waals surface area contributed by atoms with Crippen LogP contribution in [0.3, 0.4) is 0 Å². The van der Waals surface area contributed by atoms with Gasteiger partial charge >= 0.3 is 6.03 Å². The molecule has 0 spiro atoms. The number of halogens is 1. The van der Waals surface area contributed by atoms with E-state index in [-0.39, 0.29) is 30.2 Å². The Kier molecular flexibility index (Phi) is 9.35. The number of hydrogen-bond donors (Lipinski definition) is 1. The molecular formula is C43H46FN9O4. The lowest BCUT2D eigenvalue weighted by atomic mass is 9.87. The molecule has 4 aliphatic rings. The Morgan fingerprint density at radius 1 is 0.842 bits per heavy atom. The molecule has 0 bridgehead atoms. The van der Waals surface area contributed by atoms with Crippen molar-refractivity contribution < 1.29 is 18.5 Å². The molecule has 6 heterocycles. The van der Waals surface area contributed by atoms with E-state index in [1.165, 1.54) is 16.5 Å². The molecule has 1 N–H and O–H groups in total. The van der Waals surface area contributed by atoms with Crippen molar-refractivity contribution in [2.24, 2.45) is 13.0 Å².